The number of hydrogen-bond acceptors (Lipinski definition) is 5. The molecule has 3 aliphatic heterocycles. The number of nitrogens with one attached hydrogen (secondary N) is 1. The summed E-state index contributed by atoms with van der Waals surface area (Å²) in [7, 11) is 5.33. The third-order valence-corrected chi connectivity index (χ3v) is 7.39. The highest BCUT2D eigenvalue weighted by atomic mass is 16.5. The van der Waals surface area contributed by atoms with Crippen LogP contribution in [0.3, 0.4) is 0 Å². The normalized spacial score (nSPS) is 23.5. The molecule has 0 radical (unpaired) electrons. The van der Waals surface area contributed by atoms with E-state index in [0.717, 1.165) is 30.8 Å². The van der Waals surface area contributed by atoms with Gasteiger partial charge in [0.15, 0.2) is 11.5 Å². The first-order chi connectivity index (χ1) is 16.6. The quantitative estimate of drug-likeness (QED) is 0.582. The first-order valence-corrected chi connectivity index (χ1v) is 11.9. The molecule has 3 aromatic rings. The van der Waals surface area contributed by atoms with Gasteiger partial charge in [0, 0.05) is 48.9 Å². The molecule has 0 aliphatic carbocycles. The number of ether oxygens (including phenoxy) is 2. The van der Waals surface area contributed by atoms with E-state index < -0.39 is 0 Å². The molecule has 0 saturated carbocycles. The molecule has 1 N–H and O–H groups in total. The molecule has 34 heavy (non-hydrogen) atoms. The summed E-state index contributed by atoms with van der Waals surface area (Å²) in [5.74, 6) is 2.46. The minimum absolute atomic E-state index is 0.00555. The standard InChI is InChI=1S/C27H32N4O3/c1-30-24(15-23(29-30)20-9-10-25(33-2)26(14-20)34-3)22-17-31-12-11-19(22)13-21(31)16-28-27(32)18-7-5-4-6-8-18/h4-10,14-15,19,21-22H,11-13,16-17H2,1-3H3,(H,28,32). The molecule has 2 aromatic carbocycles. The molecule has 1 aromatic heterocycles. The molecule has 3 saturated heterocycles. The fraction of sp³-hybridized carbons (Fsp3) is 0.407. The lowest BCUT2D eigenvalue weighted by Gasteiger charge is -2.50. The van der Waals surface area contributed by atoms with E-state index >= 15 is 0 Å². The topological polar surface area (TPSA) is 68.6 Å². The molecule has 4 heterocycles. The van der Waals surface area contributed by atoms with Gasteiger partial charge >= 0.3 is 0 Å². The first kappa shape index (κ1) is 22.5. The summed E-state index contributed by atoms with van der Waals surface area (Å²) in [5.41, 5.74) is 3.95. The molecule has 4 atom stereocenters. The molecule has 4 unspecified atom stereocenters. The number of amides is 1. The number of hydrogen-bond donors (Lipinski definition) is 1. The number of carbonyl (C=O) groups excluding carboxylic acids is 1. The third kappa shape index (κ3) is 4.28. The molecule has 3 fully saturated rings. The van der Waals surface area contributed by atoms with Crippen LogP contribution in [0.15, 0.2) is 54.6 Å². The van der Waals surface area contributed by atoms with Crippen LogP contribution in [-0.4, -0.2) is 60.5 Å². The van der Waals surface area contributed by atoms with Gasteiger partial charge in [0.2, 0.25) is 0 Å². The average Bonchev–Trinajstić information content (AvgIpc) is 3.29. The van der Waals surface area contributed by atoms with Crippen molar-refractivity contribution >= 4 is 5.91 Å². The number of methoxy groups -OCH3 is 2. The van der Waals surface area contributed by atoms with Crippen molar-refractivity contribution in [1.82, 2.24) is 20.0 Å². The van der Waals surface area contributed by atoms with Crippen LogP contribution in [0.25, 0.3) is 11.3 Å². The number of aryl methyl sites for hydroxylation is 1. The summed E-state index contributed by atoms with van der Waals surface area (Å²) in [5, 5.41) is 7.97. The maximum atomic E-state index is 12.5. The summed E-state index contributed by atoms with van der Waals surface area (Å²) in [4.78, 5) is 15.0. The second-order valence-electron chi connectivity index (χ2n) is 9.26. The largest absolute Gasteiger partial charge is 0.493 e. The van der Waals surface area contributed by atoms with Gasteiger partial charge in [-0.25, -0.2) is 0 Å². The van der Waals surface area contributed by atoms with Crippen LogP contribution in [0.1, 0.15) is 34.8 Å². The summed E-state index contributed by atoms with van der Waals surface area (Å²) in [6.07, 6.45) is 2.28. The maximum Gasteiger partial charge on any atom is 0.251 e. The van der Waals surface area contributed by atoms with Crippen molar-refractivity contribution in [1.29, 1.82) is 0 Å². The van der Waals surface area contributed by atoms with Crippen molar-refractivity contribution < 1.29 is 14.3 Å². The number of piperidine rings is 3. The predicted octanol–water partition coefficient (Wildman–Crippen LogP) is 3.71. The van der Waals surface area contributed by atoms with Crippen LogP contribution < -0.4 is 14.8 Å². The molecule has 3 aliphatic rings. The van der Waals surface area contributed by atoms with Gasteiger partial charge in [-0.05, 0) is 61.7 Å². The van der Waals surface area contributed by atoms with Gasteiger partial charge < -0.3 is 14.8 Å². The van der Waals surface area contributed by atoms with Crippen LogP contribution in [-0.2, 0) is 7.05 Å². The Balaban J connectivity index is 1.28. The fourth-order valence-corrected chi connectivity index (χ4v) is 5.55. The summed E-state index contributed by atoms with van der Waals surface area (Å²) >= 11 is 0. The van der Waals surface area contributed by atoms with Crippen LogP contribution in [0, 0.1) is 5.92 Å². The van der Waals surface area contributed by atoms with E-state index in [4.69, 9.17) is 14.6 Å². The zero-order valence-electron chi connectivity index (χ0n) is 20.0. The Hall–Kier alpha value is -3.32. The molecule has 7 nitrogen and oxygen atoms in total. The van der Waals surface area contributed by atoms with Gasteiger partial charge in [0.25, 0.3) is 5.91 Å². The Labute approximate surface area is 200 Å². The highest BCUT2D eigenvalue weighted by Gasteiger charge is 2.41. The van der Waals surface area contributed by atoms with Crippen LogP contribution in [0.5, 0.6) is 11.5 Å². The molecule has 6 rings (SSSR count). The smallest absolute Gasteiger partial charge is 0.251 e. The van der Waals surface area contributed by atoms with Crippen LogP contribution in [0.2, 0.25) is 0 Å². The maximum absolute atomic E-state index is 12.5. The molecular weight excluding hydrogens is 428 g/mol. The predicted molar refractivity (Wildman–Crippen MR) is 131 cm³/mol. The fourth-order valence-electron chi connectivity index (χ4n) is 5.55. The van der Waals surface area contributed by atoms with E-state index in [-0.39, 0.29) is 5.91 Å². The molecule has 178 valence electrons. The van der Waals surface area contributed by atoms with Gasteiger partial charge in [-0.15, -0.1) is 0 Å². The number of nitrogens with zero attached hydrogens (tertiary/aromatic N) is 3. The second kappa shape index (κ2) is 9.50. The van der Waals surface area contributed by atoms with Crippen LogP contribution >= 0.6 is 0 Å². The molecule has 1 amide bonds. The van der Waals surface area contributed by atoms with Crippen molar-refractivity contribution in [2.45, 2.75) is 24.8 Å². The molecule has 0 spiro atoms. The van der Waals surface area contributed by atoms with E-state index in [9.17, 15) is 4.79 Å². The van der Waals surface area contributed by atoms with E-state index in [1.165, 1.54) is 12.1 Å². The number of rotatable bonds is 7. The Bertz CT molecular complexity index is 1160. The SMILES string of the molecule is COc1ccc(-c2cc(C3CN4CCC3CC4CNC(=O)c3ccccc3)n(C)n2)cc1OC. The van der Waals surface area contributed by atoms with Crippen molar-refractivity contribution in [3.63, 3.8) is 0 Å². The Morgan fingerprint density at radius 2 is 1.88 bits per heavy atom. The van der Waals surface area contributed by atoms with Crippen molar-refractivity contribution in [3.8, 4) is 22.8 Å². The average molecular weight is 461 g/mol. The lowest BCUT2D eigenvalue weighted by molar-refractivity contribution is 0.0280. The second-order valence-corrected chi connectivity index (χ2v) is 9.26. The Morgan fingerprint density at radius 3 is 2.59 bits per heavy atom. The zero-order chi connectivity index (χ0) is 23.7. The van der Waals surface area contributed by atoms with Crippen molar-refractivity contribution in [2.75, 3.05) is 33.9 Å². The summed E-state index contributed by atoms with van der Waals surface area (Å²) in [6.45, 7) is 2.79. The van der Waals surface area contributed by atoms with Crippen molar-refractivity contribution in [2.24, 2.45) is 13.0 Å². The minimum Gasteiger partial charge on any atom is -0.493 e. The van der Waals surface area contributed by atoms with Crippen LogP contribution in [0.4, 0.5) is 0 Å². The van der Waals surface area contributed by atoms with Crippen molar-refractivity contribution in [3.05, 3.63) is 65.9 Å². The van der Waals surface area contributed by atoms with Gasteiger partial charge in [-0.1, -0.05) is 18.2 Å². The lowest BCUT2D eigenvalue weighted by Crippen LogP contribution is -2.56. The third-order valence-electron chi connectivity index (χ3n) is 7.39. The first-order valence-electron chi connectivity index (χ1n) is 11.9. The van der Waals surface area contributed by atoms with Gasteiger partial charge in [-0.3, -0.25) is 14.4 Å². The van der Waals surface area contributed by atoms with Gasteiger partial charge in [0.05, 0.1) is 19.9 Å². The number of fused-ring (bicyclic) bond motifs is 3. The monoisotopic (exact) mass is 460 g/mol. The number of aromatic nitrogens is 2. The number of benzene rings is 2. The highest BCUT2D eigenvalue weighted by molar-refractivity contribution is 5.94. The highest BCUT2D eigenvalue weighted by Crippen LogP contribution is 2.42. The molecule has 7 heteroatoms. The van der Waals surface area contributed by atoms with Gasteiger partial charge in [0.1, 0.15) is 0 Å². The zero-order valence-corrected chi connectivity index (χ0v) is 20.0. The Kier molecular flexibility index (Phi) is 6.28. The minimum atomic E-state index is 0.00555. The van der Waals surface area contributed by atoms with E-state index in [0.29, 0.717) is 41.5 Å². The Morgan fingerprint density at radius 1 is 1.09 bits per heavy atom. The van der Waals surface area contributed by atoms with Gasteiger partial charge in [-0.2, -0.15) is 5.10 Å². The van der Waals surface area contributed by atoms with E-state index in [2.05, 4.69) is 16.3 Å². The number of carbonyl (C=O) groups is 1. The van der Waals surface area contributed by atoms with E-state index in [1.807, 2.05) is 60.3 Å². The summed E-state index contributed by atoms with van der Waals surface area (Å²) < 4.78 is 12.9. The van der Waals surface area contributed by atoms with E-state index in [1.54, 1.807) is 14.2 Å². The molecular formula is C27H32N4O3. The lowest BCUT2D eigenvalue weighted by atomic mass is 9.74. The summed E-state index contributed by atoms with van der Waals surface area (Å²) in [6, 6.07) is 18.0. The molecule has 2 bridgehead atoms.